The zero-order valence-electron chi connectivity index (χ0n) is 33.2. The van der Waals surface area contributed by atoms with Crippen LogP contribution in [-0.4, -0.2) is 51.9 Å². The molecule has 8 aromatic rings. The van der Waals surface area contributed by atoms with Gasteiger partial charge in [0.25, 0.3) is 40.5 Å². The molecule has 0 unspecified atom stereocenters. The molecule has 8 aromatic carbocycles. The predicted octanol–water partition coefficient (Wildman–Crippen LogP) is 7.53. The quantitative estimate of drug-likeness (QED) is 0.0690. The fraction of sp³-hybridized carbons (Fsp3) is 0.0435. The average Bonchev–Trinajstić information content (AvgIpc) is 3.26. The highest BCUT2D eigenvalue weighted by Crippen LogP contribution is 2.40. The molecule has 0 aromatic heterocycles. The van der Waals surface area contributed by atoms with Gasteiger partial charge in [-0.25, -0.2) is 0 Å². The Hall–Kier alpha value is -5.22. The van der Waals surface area contributed by atoms with Crippen molar-refractivity contribution < 1.29 is 51.9 Å². The Morgan fingerprint density at radius 1 is 0.328 bits per heavy atom. The van der Waals surface area contributed by atoms with Crippen molar-refractivity contribution in [3.8, 4) is 0 Å². The first-order chi connectivity index (χ1) is 30.2. The summed E-state index contributed by atoms with van der Waals surface area (Å²) in [6.07, 6.45) is 1.16. The monoisotopic (exact) mass is 970 g/mol. The third-order valence-electron chi connectivity index (χ3n) is 9.88. The summed E-state index contributed by atoms with van der Waals surface area (Å²) in [4.78, 5) is -0.796. The fourth-order valence-electron chi connectivity index (χ4n) is 6.70. The second-order valence-electron chi connectivity index (χ2n) is 14.2. The highest BCUT2D eigenvalue weighted by atomic mass is 32.2. The van der Waals surface area contributed by atoms with Gasteiger partial charge in [-0.05, 0) is 130 Å². The van der Waals surface area contributed by atoms with Gasteiger partial charge in [0.05, 0.1) is 19.6 Å². The SMILES string of the molecule is O=S(=O)(O)c1ccc(P(Cc2[c]c3ccccc3cc2)c2ccc(S(=O)(=O)O)cc2)cc1.O=S(=O)(O)c1ccc(P(Cc2[c]c3ccccc3cc2)c2ccc(S(=O)(=O)O)cc2)cc1. The van der Waals surface area contributed by atoms with Crippen LogP contribution in [0.5, 0.6) is 0 Å². The molecule has 2 radical (unpaired) electrons. The van der Waals surface area contributed by atoms with Crippen LogP contribution < -0.4 is 21.2 Å². The van der Waals surface area contributed by atoms with Gasteiger partial charge in [0, 0.05) is 12.3 Å². The van der Waals surface area contributed by atoms with Gasteiger partial charge >= 0.3 is 0 Å². The number of hydrogen-bond donors (Lipinski definition) is 4. The van der Waals surface area contributed by atoms with Crippen molar-refractivity contribution in [1.29, 1.82) is 0 Å². The van der Waals surface area contributed by atoms with Crippen LogP contribution in [0, 0.1) is 12.1 Å². The number of fused-ring (bicyclic) bond motifs is 2. The Balaban J connectivity index is 0.000000191. The molecular weight excluding hydrogens is 935 g/mol. The summed E-state index contributed by atoms with van der Waals surface area (Å²) in [7, 11) is -19.4. The van der Waals surface area contributed by atoms with Crippen LogP contribution in [0.4, 0.5) is 0 Å². The molecule has 0 bridgehead atoms. The van der Waals surface area contributed by atoms with E-state index in [2.05, 4.69) is 12.1 Å². The zero-order chi connectivity index (χ0) is 45.9. The summed E-state index contributed by atoms with van der Waals surface area (Å²) in [6.45, 7) is 0. The molecule has 64 heavy (non-hydrogen) atoms. The van der Waals surface area contributed by atoms with Crippen molar-refractivity contribution in [3.63, 3.8) is 0 Å². The van der Waals surface area contributed by atoms with E-state index in [0.717, 1.165) is 53.9 Å². The molecule has 0 aliphatic carbocycles. The van der Waals surface area contributed by atoms with Gasteiger partial charge in [0.2, 0.25) is 0 Å². The van der Waals surface area contributed by atoms with Crippen LogP contribution in [0.25, 0.3) is 21.5 Å². The highest BCUT2D eigenvalue weighted by molar-refractivity contribution is 7.86. The maximum absolute atomic E-state index is 11.4. The van der Waals surface area contributed by atoms with E-state index < -0.39 is 56.3 Å². The van der Waals surface area contributed by atoms with Crippen LogP contribution in [0.15, 0.2) is 189 Å². The predicted molar refractivity (Wildman–Crippen MR) is 250 cm³/mol. The average molecular weight is 971 g/mol. The lowest BCUT2D eigenvalue weighted by Crippen LogP contribution is -2.14. The van der Waals surface area contributed by atoms with E-state index in [-0.39, 0.29) is 19.6 Å². The van der Waals surface area contributed by atoms with Crippen molar-refractivity contribution in [2.45, 2.75) is 31.9 Å². The highest BCUT2D eigenvalue weighted by Gasteiger charge is 2.21. The number of rotatable bonds is 12. The molecule has 326 valence electrons. The Morgan fingerprint density at radius 3 is 0.828 bits per heavy atom. The molecule has 0 aliphatic heterocycles. The third-order valence-corrected chi connectivity index (χ3v) is 18.4. The second-order valence-corrected chi connectivity index (χ2v) is 24.3. The summed E-state index contributed by atoms with van der Waals surface area (Å²) < 4.78 is 128. The Labute approximate surface area is 373 Å². The molecule has 12 nitrogen and oxygen atoms in total. The minimum absolute atomic E-state index is 0.199. The standard InChI is InChI=1S/2C23H18O6PS2/c2*24-31(25,26)22-11-7-20(8-12-22)30(21-9-13-23(14-10-21)32(27,28)29)16-17-5-6-18-3-1-2-4-19(18)15-17/h2*1-14H,16H2,(H,24,25,26)(H,27,28,29). The minimum atomic E-state index is -4.31. The van der Waals surface area contributed by atoms with Gasteiger partial charge in [0.15, 0.2) is 0 Å². The molecular formula is C46H36O12P2S4. The van der Waals surface area contributed by atoms with Crippen LogP contribution >= 0.6 is 15.8 Å². The molecule has 0 aliphatic rings. The lowest BCUT2D eigenvalue weighted by molar-refractivity contribution is 0.481. The summed E-state index contributed by atoms with van der Waals surface area (Å²) in [5.41, 5.74) is 1.90. The van der Waals surface area contributed by atoms with E-state index in [9.17, 15) is 51.9 Å². The van der Waals surface area contributed by atoms with Crippen molar-refractivity contribution in [1.82, 2.24) is 0 Å². The van der Waals surface area contributed by atoms with Gasteiger partial charge in [-0.2, -0.15) is 33.7 Å². The fourth-order valence-corrected chi connectivity index (χ4v) is 13.0. The smallest absolute Gasteiger partial charge is 0.282 e. The van der Waals surface area contributed by atoms with Gasteiger partial charge in [-0.15, -0.1) is 0 Å². The maximum Gasteiger partial charge on any atom is 0.294 e. The first-order valence-corrected chi connectivity index (χ1v) is 27.7. The summed E-state index contributed by atoms with van der Waals surface area (Å²) >= 11 is 0. The maximum atomic E-state index is 11.4. The van der Waals surface area contributed by atoms with Crippen LogP contribution in [0.3, 0.4) is 0 Å². The number of benzene rings is 8. The van der Waals surface area contributed by atoms with E-state index >= 15 is 0 Å². The lowest BCUT2D eigenvalue weighted by Gasteiger charge is -2.20. The molecule has 0 heterocycles. The lowest BCUT2D eigenvalue weighted by atomic mass is 10.1. The molecule has 0 atom stereocenters. The van der Waals surface area contributed by atoms with Gasteiger partial charge in [-0.1, -0.05) is 121 Å². The first kappa shape index (κ1) is 46.8. The molecule has 8 rings (SSSR count). The topological polar surface area (TPSA) is 217 Å². The zero-order valence-corrected chi connectivity index (χ0v) is 38.2. The van der Waals surface area contributed by atoms with E-state index in [1.807, 2.05) is 72.8 Å². The van der Waals surface area contributed by atoms with Gasteiger partial charge in [-0.3, -0.25) is 18.2 Å². The van der Waals surface area contributed by atoms with Crippen molar-refractivity contribution >= 4 is 99.1 Å². The van der Waals surface area contributed by atoms with E-state index in [1.54, 1.807) is 48.5 Å². The molecule has 0 spiro atoms. The van der Waals surface area contributed by atoms with Crippen molar-refractivity contribution in [2.24, 2.45) is 0 Å². The van der Waals surface area contributed by atoms with Crippen molar-refractivity contribution in [2.75, 3.05) is 0 Å². The van der Waals surface area contributed by atoms with Crippen molar-refractivity contribution in [3.05, 3.63) is 193 Å². The Morgan fingerprint density at radius 2 is 0.578 bits per heavy atom. The van der Waals surface area contributed by atoms with Crippen LogP contribution in [0.2, 0.25) is 0 Å². The largest absolute Gasteiger partial charge is 0.294 e. The van der Waals surface area contributed by atoms with E-state index in [1.165, 1.54) is 48.5 Å². The minimum Gasteiger partial charge on any atom is -0.282 e. The molecule has 0 saturated heterocycles. The van der Waals surface area contributed by atoms with Crippen LogP contribution in [-0.2, 0) is 52.8 Å². The molecule has 4 N–H and O–H groups in total. The molecule has 0 saturated carbocycles. The normalized spacial score (nSPS) is 12.3. The third kappa shape index (κ3) is 11.7. The molecule has 18 heteroatoms. The van der Waals surface area contributed by atoms with E-state index in [0.29, 0.717) is 12.3 Å². The van der Waals surface area contributed by atoms with Gasteiger partial charge in [0.1, 0.15) is 0 Å². The molecule has 0 fully saturated rings. The summed E-state index contributed by atoms with van der Waals surface area (Å²) in [6, 6.07) is 54.5. The summed E-state index contributed by atoms with van der Waals surface area (Å²) in [5.74, 6) is 0. The van der Waals surface area contributed by atoms with Gasteiger partial charge < -0.3 is 0 Å². The molecule has 0 amide bonds. The second kappa shape index (κ2) is 19.1. The number of hydrogen-bond acceptors (Lipinski definition) is 8. The first-order valence-electron chi connectivity index (χ1n) is 18.9. The Kier molecular flexibility index (Phi) is 13.9. The summed E-state index contributed by atoms with van der Waals surface area (Å²) in [5, 5.41) is 7.45. The van der Waals surface area contributed by atoms with E-state index in [4.69, 9.17) is 0 Å². The Bertz CT molecular complexity index is 3040. The van der Waals surface area contributed by atoms with Crippen LogP contribution in [0.1, 0.15) is 11.1 Å².